The summed E-state index contributed by atoms with van der Waals surface area (Å²) in [5.74, 6) is 3.10. The molecule has 0 aromatic heterocycles. The van der Waals surface area contributed by atoms with E-state index in [9.17, 15) is 0 Å². The normalized spacial score (nSPS) is 49.3. The maximum absolute atomic E-state index is 2.61. The number of fused-ring (bicyclic) bond motifs is 3. The first-order chi connectivity index (χ1) is 6.75. The molecule has 4 atom stereocenters. The second kappa shape index (κ2) is 3.21. The van der Waals surface area contributed by atoms with E-state index in [1.54, 1.807) is 0 Å². The highest BCUT2D eigenvalue weighted by Gasteiger charge is 2.46. The van der Waals surface area contributed by atoms with Gasteiger partial charge in [-0.05, 0) is 57.7 Å². The zero-order chi connectivity index (χ0) is 9.71. The van der Waals surface area contributed by atoms with Crippen molar-refractivity contribution in [2.45, 2.75) is 25.3 Å². The Balaban J connectivity index is 1.79. The Hall–Kier alpha value is -0.0800. The molecule has 0 aromatic carbocycles. The molecule has 0 amide bonds. The van der Waals surface area contributed by atoms with Crippen LogP contribution in [0.15, 0.2) is 0 Å². The number of likely N-dealkylation sites (tertiary alicyclic amines) is 2. The van der Waals surface area contributed by atoms with Gasteiger partial charge in [0.25, 0.3) is 0 Å². The number of hydrogen-bond donors (Lipinski definition) is 0. The molecule has 3 aliphatic rings. The summed E-state index contributed by atoms with van der Waals surface area (Å²) < 4.78 is 0. The highest BCUT2D eigenvalue weighted by molar-refractivity contribution is 4.99. The van der Waals surface area contributed by atoms with E-state index in [1.807, 2.05) is 0 Å². The first kappa shape index (κ1) is 9.17. The predicted octanol–water partition coefficient (Wildman–Crippen LogP) is 1.28. The molecule has 14 heavy (non-hydrogen) atoms. The molecular formula is C12H22N2. The van der Waals surface area contributed by atoms with Crippen molar-refractivity contribution >= 4 is 0 Å². The second-order valence-corrected chi connectivity index (χ2v) is 5.72. The highest BCUT2D eigenvalue weighted by atomic mass is 15.2. The molecule has 2 heteroatoms. The van der Waals surface area contributed by atoms with Crippen molar-refractivity contribution in [2.75, 3.05) is 33.7 Å². The molecule has 2 saturated heterocycles. The molecule has 0 bridgehead atoms. The Morgan fingerprint density at radius 1 is 0.929 bits per heavy atom. The Kier molecular flexibility index (Phi) is 2.10. The summed E-state index contributed by atoms with van der Waals surface area (Å²) in [6, 6.07) is 0.933. The summed E-state index contributed by atoms with van der Waals surface area (Å²) in [7, 11) is 4.62. The van der Waals surface area contributed by atoms with E-state index in [2.05, 4.69) is 23.9 Å². The van der Waals surface area contributed by atoms with Crippen LogP contribution in [-0.2, 0) is 0 Å². The fourth-order valence-corrected chi connectivity index (χ4v) is 4.27. The molecule has 4 unspecified atom stereocenters. The van der Waals surface area contributed by atoms with E-state index in [4.69, 9.17) is 0 Å². The standard InChI is InChI=1S/C12H22N2/c1-13-7-9-3-4-12-10(11(9)8-13)5-6-14(12)2/h9-12H,3-8H2,1-2H3. The third-order valence-corrected chi connectivity index (χ3v) is 4.93. The van der Waals surface area contributed by atoms with E-state index < -0.39 is 0 Å². The van der Waals surface area contributed by atoms with Gasteiger partial charge in [-0.2, -0.15) is 0 Å². The molecule has 3 rings (SSSR count). The molecule has 1 saturated carbocycles. The molecule has 0 radical (unpaired) electrons. The summed E-state index contributed by atoms with van der Waals surface area (Å²) in [6.45, 7) is 4.10. The van der Waals surface area contributed by atoms with Gasteiger partial charge < -0.3 is 9.80 Å². The van der Waals surface area contributed by atoms with Crippen molar-refractivity contribution in [1.82, 2.24) is 9.80 Å². The minimum absolute atomic E-state index is 0.933. The summed E-state index contributed by atoms with van der Waals surface area (Å²) in [5, 5.41) is 0. The molecule has 1 aliphatic carbocycles. The quantitative estimate of drug-likeness (QED) is 0.573. The van der Waals surface area contributed by atoms with Gasteiger partial charge in [0.05, 0.1) is 0 Å². The van der Waals surface area contributed by atoms with E-state index in [-0.39, 0.29) is 0 Å². The second-order valence-electron chi connectivity index (χ2n) is 5.72. The van der Waals surface area contributed by atoms with Crippen LogP contribution in [0, 0.1) is 17.8 Å². The first-order valence-electron chi connectivity index (χ1n) is 6.14. The van der Waals surface area contributed by atoms with E-state index in [1.165, 1.54) is 38.9 Å². The summed E-state index contributed by atoms with van der Waals surface area (Å²) >= 11 is 0. The smallest absolute Gasteiger partial charge is 0.0124 e. The predicted molar refractivity (Wildman–Crippen MR) is 58.2 cm³/mol. The van der Waals surface area contributed by atoms with Crippen LogP contribution in [0.3, 0.4) is 0 Å². The van der Waals surface area contributed by atoms with Crippen LogP contribution in [0.4, 0.5) is 0 Å². The van der Waals surface area contributed by atoms with Crippen LogP contribution in [0.5, 0.6) is 0 Å². The van der Waals surface area contributed by atoms with E-state index >= 15 is 0 Å². The fraction of sp³-hybridized carbons (Fsp3) is 1.00. The maximum atomic E-state index is 2.61. The number of hydrogen-bond acceptors (Lipinski definition) is 2. The third-order valence-electron chi connectivity index (χ3n) is 4.93. The Morgan fingerprint density at radius 2 is 1.79 bits per heavy atom. The van der Waals surface area contributed by atoms with Gasteiger partial charge in [0.15, 0.2) is 0 Å². The lowest BCUT2D eigenvalue weighted by Crippen LogP contribution is -2.39. The van der Waals surface area contributed by atoms with Crippen molar-refractivity contribution < 1.29 is 0 Å². The highest BCUT2D eigenvalue weighted by Crippen LogP contribution is 2.45. The zero-order valence-electron chi connectivity index (χ0n) is 9.45. The van der Waals surface area contributed by atoms with Gasteiger partial charge >= 0.3 is 0 Å². The molecule has 0 spiro atoms. The lowest BCUT2D eigenvalue weighted by molar-refractivity contribution is 0.132. The van der Waals surface area contributed by atoms with E-state index in [0.717, 1.165) is 23.8 Å². The van der Waals surface area contributed by atoms with Crippen molar-refractivity contribution in [3.05, 3.63) is 0 Å². The first-order valence-corrected chi connectivity index (χ1v) is 6.14. The Morgan fingerprint density at radius 3 is 2.64 bits per heavy atom. The van der Waals surface area contributed by atoms with Crippen LogP contribution in [-0.4, -0.2) is 49.6 Å². The van der Waals surface area contributed by atoms with Gasteiger partial charge in [-0.15, -0.1) is 0 Å². The number of nitrogens with zero attached hydrogens (tertiary/aromatic N) is 2. The topological polar surface area (TPSA) is 6.48 Å². The molecule has 3 fully saturated rings. The van der Waals surface area contributed by atoms with Crippen LogP contribution in [0.25, 0.3) is 0 Å². The molecule has 0 aromatic rings. The Labute approximate surface area is 87.3 Å². The molecule has 2 heterocycles. The zero-order valence-corrected chi connectivity index (χ0v) is 9.45. The minimum Gasteiger partial charge on any atom is -0.306 e. The van der Waals surface area contributed by atoms with Gasteiger partial charge in [-0.25, -0.2) is 0 Å². The monoisotopic (exact) mass is 194 g/mol. The van der Waals surface area contributed by atoms with Crippen molar-refractivity contribution in [3.8, 4) is 0 Å². The van der Waals surface area contributed by atoms with E-state index in [0.29, 0.717) is 0 Å². The lowest BCUT2D eigenvalue weighted by atomic mass is 9.71. The van der Waals surface area contributed by atoms with Crippen molar-refractivity contribution in [3.63, 3.8) is 0 Å². The molecule has 2 nitrogen and oxygen atoms in total. The summed E-state index contributed by atoms with van der Waals surface area (Å²) in [6.07, 6.45) is 4.42. The average Bonchev–Trinajstić information content (AvgIpc) is 2.68. The van der Waals surface area contributed by atoms with Gasteiger partial charge in [0.1, 0.15) is 0 Å². The molecule has 0 N–H and O–H groups in total. The molecule has 80 valence electrons. The minimum atomic E-state index is 0.933. The largest absolute Gasteiger partial charge is 0.306 e. The van der Waals surface area contributed by atoms with Crippen molar-refractivity contribution in [2.24, 2.45) is 17.8 Å². The SMILES string of the molecule is CN1CC2CCC3C(CCN3C)C2C1. The maximum Gasteiger partial charge on any atom is 0.0124 e. The van der Waals surface area contributed by atoms with Gasteiger partial charge in [-0.3, -0.25) is 0 Å². The number of rotatable bonds is 0. The summed E-state index contributed by atoms with van der Waals surface area (Å²) in [5.41, 5.74) is 0. The van der Waals surface area contributed by atoms with Crippen LogP contribution in [0.1, 0.15) is 19.3 Å². The van der Waals surface area contributed by atoms with Gasteiger partial charge in [0.2, 0.25) is 0 Å². The molecule has 2 aliphatic heterocycles. The third kappa shape index (κ3) is 1.24. The van der Waals surface area contributed by atoms with Crippen LogP contribution < -0.4 is 0 Å². The van der Waals surface area contributed by atoms with Crippen LogP contribution in [0.2, 0.25) is 0 Å². The average molecular weight is 194 g/mol. The fourth-order valence-electron chi connectivity index (χ4n) is 4.27. The van der Waals surface area contributed by atoms with Gasteiger partial charge in [-0.1, -0.05) is 0 Å². The molecular weight excluding hydrogens is 172 g/mol. The Bertz CT molecular complexity index is 228. The van der Waals surface area contributed by atoms with Crippen LogP contribution >= 0.6 is 0 Å². The van der Waals surface area contributed by atoms with Crippen molar-refractivity contribution in [1.29, 1.82) is 0 Å². The summed E-state index contributed by atoms with van der Waals surface area (Å²) in [4.78, 5) is 5.16. The lowest BCUT2D eigenvalue weighted by Gasteiger charge is -2.37. The van der Waals surface area contributed by atoms with Gasteiger partial charge in [0, 0.05) is 19.1 Å².